The second kappa shape index (κ2) is 9.21. The molecule has 0 aliphatic carbocycles. The van der Waals surface area contributed by atoms with Crippen molar-refractivity contribution >= 4 is 34.8 Å². The van der Waals surface area contributed by atoms with E-state index in [0.717, 1.165) is 11.1 Å². The van der Waals surface area contributed by atoms with Crippen molar-refractivity contribution in [1.29, 1.82) is 0 Å². The van der Waals surface area contributed by atoms with E-state index in [0.29, 0.717) is 38.8 Å². The van der Waals surface area contributed by atoms with Crippen LogP contribution in [-0.2, 0) is 0 Å². The predicted octanol–water partition coefficient (Wildman–Crippen LogP) is 4.60. The highest BCUT2D eigenvalue weighted by Crippen LogP contribution is 2.28. The number of rotatable bonds is 5. The first kappa shape index (κ1) is 21.4. The molecule has 34 heavy (non-hydrogen) atoms. The van der Waals surface area contributed by atoms with Crippen LogP contribution in [0.15, 0.2) is 84.4 Å². The average Bonchev–Trinajstić information content (AvgIpc) is 3.21. The molecule has 8 nitrogen and oxygen atoms in total. The number of nitrogens with zero attached hydrogens (tertiary/aromatic N) is 6. The van der Waals surface area contributed by atoms with Crippen LogP contribution in [0.25, 0.3) is 28.1 Å². The standard InChI is InChI=1S/C25H18ClN7O/c1-16-23-20(25(34)31-29-15-17-5-4-6-19(26)13-17)14-21(18-8-11-27-12-9-18)30-24(23)33(32-16)22-7-2-3-10-28-22/h2-15H,1H3,(H,31,34)/b29-15+. The molecule has 0 radical (unpaired) electrons. The van der Waals surface area contributed by atoms with Crippen LogP contribution >= 0.6 is 11.6 Å². The van der Waals surface area contributed by atoms with E-state index in [9.17, 15) is 4.79 Å². The van der Waals surface area contributed by atoms with Gasteiger partial charge in [-0.2, -0.15) is 14.9 Å². The van der Waals surface area contributed by atoms with Crippen LogP contribution < -0.4 is 5.43 Å². The van der Waals surface area contributed by atoms with Crippen molar-refractivity contribution < 1.29 is 4.79 Å². The van der Waals surface area contributed by atoms with Crippen LogP contribution in [0.2, 0.25) is 5.02 Å². The Morgan fingerprint density at radius 3 is 2.68 bits per heavy atom. The van der Waals surface area contributed by atoms with Gasteiger partial charge in [-0.05, 0) is 55.0 Å². The Morgan fingerprint density at radius 1 is 1.06 bits per heavy atom. The monoisotopic (exact) mass is 467 g/mol. The minimum atomic E-state index is -0.385. The second-order valence-electron chi connectivity index (χ2n) is 7.43. The first-order valence-electron chi connectivity index (χ1n) is 10.4. The number of carbonyl (C=O) groups excluding carboxylic acids is 1. The van der Waals surface area contributed by atoms with E-state index in [1.54, 1.807) is 41.5 Å². The first-order chi connectivity index (χ1) is 16.6. The van der Waals surface area contributed by atoms with E-state index in [1.807, 2.05) is 49.4 Å². The molecule has 0 unspecified atom stereocenters. The summed E-state index contributed by atoms with van der Waals surface area (Å²) >= 11 is 6.02. The fourth-order valence-corrected chi connectivity index (χ4v) is 3.79. The lowest BCUT2D eigenvalue weighted by atomic mass is 10.1. The number of hydrazone groups is 1. The molecule has 5 rings (SSSR count). The largest absolute Gasteiger partial charge is 0.272 e. The lowest BCUT2D eigenvalue weighted by Gasteiger charge is -2.08. The average molecular weight is 468 g/mol. The summed E-state index contributed by atoms with van der Waals surface area (Å²) in [5.41, 5.74) is 6.38. The van der Waals surface area contributed by atoms with Gasteiger partial charge in [-0.1, -0.05) is 29.8 Å². The fraction of sp³-hybridized carbons (Fsp3) is 0.0400. The van der Waals surface area contributed by atoms with E-state index in [4.69, 9.17) is 16.6 Å². The Bertz CT molecular complexity index is 1520. The Morgan fingerprint density at radius 2 is 1.91 bits per heavy atom. The number of amides is 1. The molecule has 1 amide bonds. The highest BCUT2D eigenvalue weighted by molar-refractivity contribution is 6.30. The summed E-state index contributed by atoms with van der Waals surface area (Å²) in [4.78, 5) is 26.5. The number of nitrogens with one attached hydrogen (secondary N) is 1. The lowest BCUT2D eigenvalue weighted by molar-refractivity contribution is 0.0956. The van der Waals surface area contributed by atoms with Crippen LogP contribution in [0.1, 0.15) is 21.6 Å². The van der Waals surface area contributed by atoms with Crippen molar-refractivity contribution in [2.24, 2.45) is 5.10 Å². The van der Waals surface area contributed by atoms with Crippen LogP contribution in [-0.4, -0.2) is 36.9 Å². The minimum absolute atomic E-state index is 0.385. The minimum Gasteiger partial charge on any atom is -0.267 e. The zero-order valence-electron chi connectivity index (χ0n) is 18.1. The van der Waals surface area contributed by atoms with Gasteiger partial charge in [0.05, 0.1) is 28.6 Å². The molecule has 9 heteroatoms. The normalized spacial score (nSPS) is 11.2. The quantitative estimate of drug-likeness (QED) is 0.301. The molecular formula is C25H18ClN7O. The third kappa shape index (κ3) is 4.26. The summed E-state index contributed by atoms with van der Waals surface area (Å²) < 4.78 is 1.64. The van der Waals surface area contributed by atoms with Crippen molar-refractivity contribution in [2.75, 3.05) is 0 Å². The van der Waals surface area contributed by atoms with Gasteiger partial charge in [0.15, 0.2) is 11.5 Å². The summed E-state index contributed by atoms with van der Waals surface area (Å²) in [5, 5.41) is 9.94. The third-order valence-electron chi connectivity index (χ3n) is 5.13. The molecule has 5 aromatic rings. The van der Waals surface area contributed by atoms with Crippen LogP contribution in [0.5, 0.6) is 0 Å². The summed E-state index contributed by atoms with van der Waals surface area (Å²) in [6.07, 6.45) is 6.58. The maximum atomic E-state index is 13.3. The number of halogens is 1. The van der Waals surface area contributed by atoms with Crippen molar-refractivity contribution in [1.82, 2.24) is 30.2 Å². The molecule has 0 aliphatic rings. The fourth-order valence-electron chi connectivity index (χ4n) is 3.59. The summed E-state index contributed by atoms with van der Waals surface area (Å²) in [7, 11) is 0. The van der Waals surface area contributed by atoms with Gasteiger partial charge >= 0.3 is 0 Å². The number of hydrogen-bond donors (Lipinski definition) is 1. The van der Waals surface area contributed by atoms with Crippen molar-refractivity contribution in [3.63, 3.8) is 0 Å². The van der Waals surface area contributed by atoms with Crippen LogP contribution in [0.4, 0.5) is 0 Å². The van der Waals surface area contributed by atoms with E-state index in [2.05, 4.69) is 25.6 Å². The summed E-state index contributed by atoms with van der Waals surface area (Å²) in [6.45, 7) is 1.83. The number of hydrogen-bond acceptors (Lipinski definition) is 6. The molecule has 1 aromatic carbocycles. The summed E-state index contributed by atoms with van der Waals surface area (Å²) in [6, 6.07) is 18.1. The number of pyridine rings is 3. The Balaban J connectivity index is 1.61. The third-order valence-corrected chi connectivity index (χ3v) is 5.36. The van der Waals surface area contributed by atoms with Gasteiger partial charge in [-0.15, -0.1) is 0 Å². The van der Waals surface area contributed by atoms with Gasteiger partial charge in [-0.25, -0.2) is 15.4 Å². The molecular weight excluding hydrogens is 450 g/mol. The first-order valence-corrected chi connectivity index (χ1v) is 10.8. The number of aryl methyl sites for hydroxylation is 1. The predicted molar refractivity (Wildman–Crippen MR) is 131 cm³/mol. The maximum absolute atomic E-state index is 13.3. The van der Waals surface area contributed by atoms with Crippen molar-refractivity contribution in [3.05, 3.63) is 101 Å². The van der Waals surface area contributed by atoms with E-state index >= 15 is 0 Å². The molecule has 0 bridgehead atoms. The van der Waals surface area contributed by atoms with E-state index in [-0.39, 0.29) is 5.91 Å². The Hall–Kier alpha value is -4.43. The number of benzene rings is 1. The molecule has 1 N–H and O–H groups in total. The molecule has 0 saturated carbocycles. The SMILES string of the molecule is Cc1nn(-c2ccccn2)c2nc(-c3ccncc3)cc(C(=O)N/N=C/c3cccc(Cl)c3)c12. The molecule has 4 heterocycles. The van der Waals surface area contributed by atoms with Gasteiger partial charge in [0.1, 0.15) is 0 Å². The summed E-state index contributed by atoms with van der Waals surface area (Å²) in [5.74, 6) is 0.218. The van der Waals surface area contributed by atoms with Gasteiger partial charge in [0.2, 0.25) is 0 Å². The highest BCUT2D eigenvalue weighted by atomic mass is 35.5. The van der Waals surface area contributed by atoms with Gasteiger partial charge in [0.25, 0.3) is 5.91 Å². The number of carbonyl (C=O) groups is 1. The lowest BCUT2D eigenvalue weighted by Crippen LogP contribution is -2.18. The van der Waals surface area contributed by atoms with Crippen molar-refractivity contribution in [2.45, 2.75) is 6.92 Å². The maximum Gasteiger partial charge on any atom is 0.272 e. The molecule has 166 valence electrons. The van der Waals surface area contributed by atoms with Crippen LogP contribution in [0, 0.1) is 6.92 Å². The number of fused-ring (bicyclic) bond motifs is 1. The highest BCUT2D eigenvalue weighted by Gasteiger charge is 2.21. The van der Waals surface area contributed by atoms with Gasteiger partial charge in [0, 0.05) is 29.2 Å². The molecule has 0 fully saturated rings. The zero-order valence-corrected chi connectivity index (χ0v) is 18.8. The van der Waals surface area contributed by atoms with E-state index in [1.165, 1.54) is 6.21 Å². The molecule has 0 atom stereocenters. The second-order valence-corrected chi connectivity index (χ2v) is 7.87. The zero-order chi connectivity index (χ0) is 23.5. The smallest absolute Gasteiger partial charge is 0.267 e. The van der Waals surface area contributed by atoms with Gasteiger partial charge < -0.3 is 0 Å². The van der Waals surface area contributed by atoms with Crippen LogP contribution in [0.3, 0.4) is 0 Å². The molecule has 0 spiro atoms. The number of aromatic nitrogens is 5. The molecule has 0 aliphatic heterocycles. The van der Waals surface area contributed by atoms with Gasteiger partial charge in [-0.3, -0.25) is 9.78 Å². The Labute approximate surface area is 200 Å². The Kier molecular flexibility index (Phi) is 5.80. The molecule has 0 saturated heterocycles. The van der Waals surface area contributed by atoms with E-state index < -0.39 is 0 Å². The topological polar surface area (TPSA) is 98.0 Å². The van der Waals surface area contributed by atoms with Crippen molar-refractivity contribution in [3.8, 4) is 17.1 Å². The molecule has 4 aromatic heterocycles.